The molecule has 1 N–H and O–H groups in total. The van der Waals surface area contributed by atoms with E-state index in [0.29, 0.717) is 11.5 Å². The van der Waals surface area contributed by atoms with Crippen LogP contribution in [0.5, 0.6) is 0 Å². The average molecular weight is 269 g/mol. The van der Waals surface area contributed by atoms with Crippen LogP contribution in [-0.4, -0.2) is 11.0 Å². The maximum atomic E-state index is 4.38. The molecule has 2 rings (SSSR count). The van der Waals surface area contributed by atoms with E-state index in [1.54, 1.807) is 0 Å². The Bertz CT molecular complexity index is 372. The fourth-order valence-corrected chi connectivity index (χ4v) is 2.12. The number of aromatic nitrogens is 1. The Morgan fingerprint density at radius 3 is 2.67 bits per heavy atom. The van der Waals surface area contributed by atoms with Crippen LogP contribution in [0.4, 0.5) is 5.69 Å². The molecule has 1 saturated carbocycles. The van der Waals surface area contributed by atoms with Crippen molar-refractivity contribution in [1.82, 2.24) is 4.98 Å². The first-order valence-corrected chi connectivity index (χ1v) is 6.20. The predicted octanol–water partition coefficient (Wildman–Crippen LogP) is 3.75. The van der Waals surface area contributed by atoms with Gasteiger partial charge in [-0.3, -0.25) is 0 Å². The molecule has 1 aliphatic carbocycles. The lowest BCUT2D eigenvalue weighted by atomic mass is 10.0. The third-order valence-electron chi connectivity index (χ3n) is 3.51. The van der Waals surface area contributed by atoms with Crippen LogP contribution < -0.4 is 5.32 Å². The van der Waals surface area contributed by atoms with E-state index in [9.17, 15) is 0 Å². The zero-order valence-corrected chi connectivity index (χ0v) is 11.1. The van der Waals surface area contributed by atoms with Gasteiger partial charge in [0.05, 0.1) is 11.4 Å². The van der Waals surface area contributed by atoms with Crippen LogP contribution in [0.2, 0.25) is 0 Å². The highest BCUT2D eigenvalue weighted by Crippen LogP contribution is 2.48. The Morgan fingerprint density at radius 2 is 2.13 bits per heavy atom. The lowest BCUT2D eigenvalue weighted by Crippen LogP contribution is -2.25. The van der Waals surface area contributed by atoms with Gasteiger partial charge in [-0.2, -0.15) is 0 Å². The molecular formula is C12H17BrN2. The van der Waals surface area contributed by atoms with Crippen LogP contribution in [0.15, 0.2) is 16.7 Å². The third kappa shape index (κ3) is 2.33. The molecule has 1 aliphatic rings. The monoisotopic (exact) mass is 268 g/mol. The van der Waals surface area contributed by atoms with Crippen molar-refractivity contribution >= 4 is 21.6 Å². The second-order valence-corrected chi connectivity index (χ2v) is 5.60. The number of nitrogens with zero attached hydrogens (tertiary/aromatic N) is 1. The quantitative estimate of drug-likeness (QED) is 0.845. The van der Waals surface area contributed by atoms with Crippen molar-refractivity contribution in [3.05, 3.63) is 22.4 Å². The van der Waals surface area contributed by atoms with Crippen LogP contribution in [0.25, 0.3) is 0 Å². The van der Waals surface area contributed by atoms with Crippen molar-refractivity contribution in [2.45, 2.75) is 39.7 Å². The summed E-state index contributed by atoms with van der Waals surface area (Å²) in [7, 11) is 0. The molecule has 1 fully saturated rings. The summed E-state index contributed by atoms with van der Waals surface area (Å²) >= 11 is 3.38. The Morgan fingerprint density at radius 1 is 1.47 bits per heavy atom. The standard InChI is InChI=1S/C12H17BrN2/c1-8-10(4-5-11(13)14-8)15-9(2)12(3)6-7-12/h4-5,9,15H,6-7H2,1-3H3. The zero-order valence-electron chi connectivity index (χ0n) is 9.47. The van der Waals surface area contributed by atoms with Crippen molar-refractivity contribution < 1.29 is 0 Å². The van der Waals surface area contributed by atoms with Crippen molar-refractivity contribution in [1.29, 1.82) is 0 Å². The summed E-state index contributed by atoms with van der Waals surface area (Å²) < 4.78 is 0.899. The number of halogens is 1. The van der Waals surface area contributed by atoms with Crippen molar-refractivity contribution in [3.8, 4) is 0 Å². The molecule has 0 saturated heterocycles. The van der Waals surface area contributed by atoms with Gasteiger partial charge in [0.2, 0.25) is 0 Å². The lowest BCUT2D eigenvalue weighted by molar-refractivity contribution is 0.493. The number of anilines is 1. The topological polar surface area (TPSA) is 24.9 Å². The molecule has 82 valence electrons. The second kappa shape index (κ2) is 3.78. The van der Waals surface area contributed by atoms with E-state index in [1.165, 1.54) is 12.8 Å². The summed E-state index contributed by atoms with van der Waals surface area (Å²) in [6, 6.07) is 4.60. The molecule has 2 nitrogen and oxygen atoms in total. The number of aryl methyl sites for hydroxylation is 1. The fraction of sp³-hybridized carbons (Fsp3) is 0.583. The van der Waals surface area contributed by atoms with E-state index in [1.807, 2.05) is 13.0 Å². The normalized spacial score (nSPS) is 19.7. The summed E-state index contributed by atoms with van der Waals surface area (Å²) in [6.07, 6.45) is 2.67. The zero-order chi connectivity index (χ0) is 11.1. The van der Waals surface area contributed by atoms with Gasteiger partial charge in [-0.25, -0.2) is 4.98 Å². The summed E-state index contributed by atoms with van der Waals surface area (Å²) in [6.45, 7) is 6.63. The van der Waals surface area contributed by atoms with Crippen molar-refractivity contribution in [2.24, 2.45) is 5.41 Å². The van der Waals surface area contributed by atoms with E-state index >= 15 is 0 Å². The van der Waals surface area contributed by atoms with Crippen LogP contribution in [0.1, 0.15) is 32.4 Å². The number of hydrogen-bond donors (Lipinski definition) is 1. The lowest BCUT2D eigenvalue weighted by Gasteiger charge is -2.22. The van der Waals surface area contributed by atoms with Gasteiger partial charge in [-0.15, -0.1) is 0 Å². The van der Waals surface area contributed by atoms with Gasteiger partial charge >= 0.3 is 0 Å². The van der Waals surface area contributed by atoms with Crippen molar-refractivity contribution in [2.75, 3.05) is 5.32 Å². The van der Waals surface area contributed by atoms with Gasteiger partial charge in [0.15, 0.2) is 0 Å². The van der Waals surface area contributed by atoms with Crippen LogP contribution >= 0.6 is 15.9 Å². The van der Waals surface area contributed by atoms with Crippen molar-refractivity contribution in [3.63, 3.8) is 0 Å². The smallest absolute Gasteiger partial charge is 0.106 e. The molecule has 0 radical (unpaired) electrons. The summed E-state index contributed by atoms with van der Waals surface area (Å²) in [5, 5.41) is 3.56. The van der Waals surface area contributed by atoms with Gasteiger partial charge in [0.1, 0.15) is 4.60 Å². The molecular weight excluding hydrogens is 252 g/mol. The maximum Gasteiger partial charge on any atom is 0.106 e. The molecule has 1 atom stereocenters. The number of nitrogens with one attached hydrogen (secondary N) is 1. The summed E-state index contributed by atoms with van der Waals surface area (Å²) in [4.78, 5) is 4.38. The molecule has 1 unspecified atom stereocenters. The molecule has 3 heteroatoms. The van der Waals surface area contributed by atoms with Gasteiger partial charge in [0, 0.05) is 6.04 Å². The number of hydrogen-bond acceptors (Lipinski definition) is 2. The fourth-order valence-electron chi connectivity index (χ4n) is 1.72. The minimum Gasteiger partial charge on any atom is -0.381 e. The Hall–Kier alpha value is -0.570. The molecule has 15 heavy (non-hydrogen) atoms. The first-order chi connectivity index (χ1) is 7.01. The molecule has 0 aliphatic heterocycles. The first kappa shape index (κ1) is 10.9. The SMILES string of the molecule is Cc1nc(Br)ccc1NC(C)C1(C)CC1. The van der Waals surface area contributed by atoms with E-state index in [2.05, 4.69) is 46.1 Å². The van der Waals surface area contributed by atoms with Crippen LogP contribution in [0.3, 0.4) is 0 Å². The molecule has 1 aromatic heterocycles. The van der Waals surface area contributed by atoms with Gasteiger partial charge in [-0.05, 0) is 60.2 Å². The molecule has 1 aromatic rings. The summed E-state index contributed by atoms with van der Waals surface area (Å²) in [5.41, 5.74) is 2.71. The predicted molar refractivity (Wildman–Crippen MR) is 67.1 cm³/mol. The Kier molecular flexibility index (Phi) is 2.75. The van der Waals surface area contributed by atoms with Gasteiger partial charge in [-0.1, -0.05) is 6.92 Å². The van der Waals surface area contributed by atoms with Crippen LogP contribution in [-0.2, 0) is 0 Å². The number of pyridine rings is 1. The molecule has 0 spiro atoms. The third-order valence-corrected chi connectivity index (χ3v) is 3.95. The van der Waals surface area contributed by atoms with E-state index in [4.69, 9.17) is 0 Å². The molecule has 0 bridgehead atoms. The largest absolute Gasteiger partial charge is 0.381 e. The van der Waals surface area contributed by atoms with E-state index in [0.717, 1.165) is 16.0 Å². The van der Waals surface area contributed by atoms with E-state index in [-0.39, 0.29) is 0 Å². The van der Waals surface area contributed by atoms with Gasteiger partial charge in [0.25, 0.3) is 0 Å². The maximum absolute atomic E-state index is 4.38. The minimum absolute atomic E-state index is 0.500. The minimum atomic E-state index is 0.500. The summed E-state index contributed by atoms with van der Waals surface area (Å²) in [5.74, 6) is 0. The van der Waals surface area contributed by atoms with Gasteiger partial charge < -0.3 is 5.32 Å². The Balaban J connectivity index is 2.10. The highest BCUT2D eigenvalue weighted by atomic mass is 79.9. The molecule has 1 heterocycles. The average Bonchev–Trinajstić information content (AvgIpc) is 2.90. The van der Waals surface area contributed by atoms with Crippen LogP contribution in [0, 0.1) is 12.3 Å². The second-order valence-electron chi connectivity index (χ2n) is 4.79. The first-order valence-electron chi connectivity index (χ1n) is 5.41. The molecule has 0 aromatic carbocycles. The Labute approximate surface area is 99.6 Å². The van der Waals surface area contributed by atoms with E-state index < -0.39 is 0 Å². The highest BCUT2D eigenvalue weighted by Gasteiger charge is 2.42. The highest BCUT2D eigenvalue weighted by molar-refractivity contribution is 9.10. The number of rotatable bonds is 3. The molecule has 0 amide bonds.